The molecule has 0 amide bonds. The minimum absolute atomic E-state index is 0.118. The number of ether oxygens (including phenoxy) is 1. The predicted molar refractivity (Wildman–Crippen MR) is 80.0 cm³/mol. The number of nitrogens with one attached hydrogen (secondary N) is 1. The topological polar surface area (TPSA) is 44.7 Å². The van der Waals surface area contributed by atoms with Gasteiger partial charge in [0.15, 0.2) is 0 Å². The van der Waals surface area contributed by atoms with Gasteiger partial charge in [-0.05, 0) is 30.3 Å². The summed E-state index contributed by atoms with van der Waals surface area (Å²) in [5, 5.41) is 13.2. The number of benzene rings is 1. The van der Waals surface area contributed by atoms with Gasteiger partial charge in [-0.3, -0.25) is 0 Å². The van der Waals surface area contributed by atoms with Crippen LogP contribution in [0.15, 0.2) is 18.2 Å². The third-order valence-electron chi connectivity index (χ3n) is 2.88. The van der Waals surface area contributed by atoms with Crippen molar-refractivity contribution < 1.29 is 9.84 Å². The van der Waals surface area contributed by atoms with Crippen LogP contribution in [0.4, 0.5) is 5.69 Å². The summed E-state index contributed by atoms with van der Waals surface area (Å²) in [6.07, 6.45) is 0. The van der Waals surface area contributed by atoms with E-state index in [4.69, 9.17) is 16.3 Å². The molecule has 0 saturated carbocycles. The number of nitrogens with zero attached hydrogens (tertiary/aromatic N) is 1. The van der Waals surface area contributed by atoms with Gasteiger partial charge in [0.05, 0.1) is 13.2 Å². The molecule has 2 N–H and O–H groups in total. The van der Waals surface area contributed by atoms with Crippen molar-refractivity contribution in [3.05, 3.63) is 28.8 Å². The summed E-state index contributed by atoms with van der Waals surface area (Å²) in [6.45, 7) is 5.82. The van der Waals surface area contributed by atoms with Crippen molar-refractivity contribution in [1.82, 2.24) is 5.32 Å². The second kappa shape index (κ2) is 9.15. The van der Waals surface area contributed by atoms with Gasteiger partial charge in [-0.15, -0.1) is 0 Å². The van der Waals surface area contributed by atoms with Crippen LogP contribution >= 0.6 is 11.6 Å². The molecule has 0 aliphatic carbocycles. The van der Waals surface area contributed by atoms with Gasteiger partial charge >= 0.3 is 0 Å². The summed E-state index contributed by atoms with van der Waals surface area (Å²) in [4.78, 5) is 2.12. The second-order valence-electron chi connectivity index (χ2n) is 4.26. The largest absolute Gasteiger partial charge is 0.395 e. The van der Waals surface area contributed by atoms with Gasteiger partial charge in [-0.1, -0.05) is 18.5 Å². The van der Waals surface area contributed by atoms with Crippen LogP contribution in [0.1, 0.15) is 12.5 Å². The van der Waals surface area contributed by atoms with E-state index in [2.05, 4.69) is 17.1 Å². The molecule has 0 unspecified atom stereocenters. The Balaban J connectivity index is 2.91. The number of rotatable bonds is 9. The first-order valence-electron chi connectivity index (χ1n) is 6.56. The highest BCUT2D eigenvalue weighted by Gasteiger charge is 2.11. The van der Waals surface area contributed by atoms with Crippen LogP contribution in [0.5, 0.6) is 0 Å². The Kier molecular flexibility index (Phi) is 7.82. The molecule has 0 fully saturated rings. The lowest BCUT2D eigenvalue weighted by Gasteiger charge is -2.26. The van der Waals surface area contributed by atoms with E-state index in [1.807, 2.05) is 18.2 Å². The summed E-state index contributed by atoms with van der Waals surface area (Å²) in [6, 6.07) is 5.85. The Hall–Kier alpha value is -0.810. The third kappa shape index (κ3) is 5.37. The van der Waals surface area contributed by atoms with E-state index in [0.717, 1.165) is 35.9 Å². The number of hydrogen-bond acceptors (Lipinski definition) is 4. The maximum atomic E-state index is 9.19. The number of hydrogen-bond donors (Lipinski definition) is 2. The predicted octanol–water partition coefficient (Wildman–Crippen LogP) is 1.89. The smallest absolute Gasteiger partial charge is 0.0637 e. The molecule has 1 rings (SSSR count). The van der Waals surface area contributed by atoms with E-state index >= 15 is 0 Å². The molecule has 4 nitrogen and oxygen atoms in total. The lowest BCUT2D eigenvalue weighted by atomic mass is 10.1. The molecule has 0 heterocycles. The van der Waals surface area contributed by atoms with Gasteiger partial charge in [0.1, 0.15) is 0 Å². The molecular weight excluding hydrogens is 264 g/mol. The van der Waals surface area contributed by atoms with E-state index < -0.39 is 0 Å². The standard InChI is InChI=1S/C14H23ClN2O2/c1-3-16-11-12-10-13(15)4-5-14(12)17(6-8-18)7-9-19-2/h4-5,10,16,18H,3,6-9,11H2,1-2H3. The van der Waals surface area contributed by atoms with Crippen molar-refractivity contribution in [3.63, 3.8) is 0 Å². The van der Waals surface area contributed by atoms with Crippen molar-refractivity contribution in [2.75, 3.05) is 44.9 Å². The molecule has 108 valence electrons. The minimum atomic E-state index is 0.118. The zero-order valence-corrected chi connectivity index (χ0v) is 12.4. The molecule has 0 atom stereocenters. The molecule has 1 aromatic rings. The van der Waals surface area contributed by atoms with E-state index in [0.29, 0.717) is 13.2 Å². The van der Waals surface area contributed by atoms with Crippen LogP contribution in [0.25, 0.3) is 0 Å². The molecule has 0 saturated heterocycles. The summed E-state index contributed by atoms with van der Waals surface area (Å²) in [5.41, 5.74) is 2.23. The molecule has 0 aromatic heterocycles. The third-order valence-corrected chi connectivity index (χ3v) is 3.12. The zero-order valence-electron chi connectivity index (χ0n) is 11.7. The summed E-state index contributed by atoms with van der Waals surface area (Å²) in [5.74, 6) is 0. The molecule has 5 heteroatoms. The maximum Gasteiger partial charge on any atom is 0.0637 e. The van der Waals surface area contributed by atoms with Crippen molar-refractivity contribution >= 4 is 17.3 Å². The highest BCUT2D eigenvalue weighted by atomic mass is 35.5. The number of aliphatic hydroxyl groups excluding tert-OH is 1. The number of halogens is 1. The van der Waals surface area contributed by atoms with E-state index in [1.54, 1.807) is 7.11 Å². The summed E-state index contributed by atoms with van der Waals surface area (Å²) >= 11 is 6.06. The maximum absolute atomic E-state index is 9.19. The van der Waals surface area contributed by atoms with Crippen molar-refractivity contribution in [3.8, 4) is 0 Å². The normalized spacial score (nSPS) is 10.7. The summed E-state index contributed by atoms with van der Waals surface area (Å²) in [7, 11) is 1.68. The molecule has 1 aromatic carbocycles. The SMILES string of the molecule is CCNCc1cc(Cl)ccc1N(CCO)CCOC. The number of aliphatic hydroxyl groups is 1. The molecule has 0 radical (unpaired) electrons. The second-order valence-corrected chi connectivity index (χ2v) is 4.69. The van der Waals surface area contributed by atoms with Gasteiger partial charge in [-0.2, -0.15) is 0 Å². The molecule has 0 spiro atoms. The van der Waals surface area contributed by atoms with Crippen molar-refractivity contribution in [1.29, 1.82) is 0 Å². The van der Waals surface area contributed by atoms with Gasteiger partial charge in [0, 0.05) is 37.5 Å². The van der Waals surface area contributed by atoms with Crippen LogP contribution in [0, 0.1) is 0 Å². The van der Waals surface area contributed by atoms with Crippen molar-refractivity contribution in [2.45, 2.75) is 13.5 Å². The van der Waals surface area contributed by atoms with Crippen LogP contribution < -0.4 is 10.2 Å². The highest BCUT2D eigenvalue weighted by Crippen LogP contribution is 2.24. The Labute approximate surface area is 120 Å². The first-order valence-corrected chi connectivity index (χ1v) is 6.94. The van der Waals surface area contributed by atoms with E-state index in [1.165, 1.54) is 0 Å². The Bertz CT molecular complexity index is 374. The Morgan fingerprint density at radius 3 is 2.79 bits per heavy atom. The Morgan fingerprint density at radius 2 is 2.16 bits per heavy atom. The van der Waals surface area contributed by atoms with Crippen LogP contribution in [0.2, 0.25) is 5.02 Å². The fourth-order valence-corrected chi connectivity index (χ4v) is 2.13. The zero-order chi connectivity index (χ0) is 14.1. The fourth-order valence-electron chi connectivity index (χ4n) is 1.94. The minimum Gasteiger partial charge on any atom is -0.395 e. The molecular formula is C14H23ClN2O2. The average Bonchev–Trinajstić information content (AvgIpc) is 2.41. The van der Waals surface area contributed by atoms with Gasteiger partial charge in [0.2, 0.25) is 0 Å². The van der Waals surface area contributed by atoms with Crippen LogP contribution in [-0.2, 0) is 11.3 Å². The monoisotopic (exact) mass is 286 g/mol. The first-order chi connectivity index (χ1) is 9.22. The number of anilines is 1. The molecule has 0 aliphatic rings. The van der Waals surface area contributed by atoms with E-state index in [-0.39, 0.29) is 6.61 Å². The average molecular weight is 287 g/mol. The lowest BCUT2D eigenvalue weighted by molar-refractivity contribution is 0.203. The van der Waals surface area contributed by atoms with Crippen molar-refractivity contribution in [2.24, 2.45) is 0 Å². The molecule has 0 bridgehead atoms. The first kappa shape index (κ1) is 16.2. The molecule has 0 aliphatic heterocycles. The summed E-state index contributed by atoms with van der Waals surface area (Å²) < 4.78 is 5.12. The van der Waals surface area contributed by atoms with Crippen LogP contribution in [-0.4, -0.2) is 45.1 Å². The highest BCUT2D eigenvalue weighted by molar-refractivity contribution is 6.30. The Morgan fingerprint density at radius 1 is 1.37 bits per heavy atom. The van der Waals surface area contributed by atoms with Gasteiger partial charge in [-0.25, -0.2) is 0 Å². The number of methoxy groups -OCH3 is 1. The van der Waals surface area contributed by atoms with Crippen LogP contribution in [0.3, 0.4) is 0 Å². The van der Waals surface area contributed by atoms with Gasteiger partial charge < -0.3 is 20.1 Å². The van der Waals surface area contributed by atoms with E-state index in [9.17, 15) is 5.11 Å². The lowest BCUT2D eigenvalue weighted by Crippen LogP contribution is -2.31. The van der Waals surface area contributed by atoms with Gasteiger partial charge in [0.25, 0.3) is 0 Å². The fraction of sp³-hybridized carbons (Fsp3) is 0.571. The quantitative estimate of drug-likeness (QED) is 0.728. The molecule has 19 heavy (non-hydrogen) atoms.